The van der Waals surface area contributed by atoms with Gasteiger partial charge in [0, 0.05) is 5.39 Å². The molecule has 0 amide bonds. The lowest BCUT2D eigenvalue weighted by atomic mass is 10.0. The summed E-state index contributed by atoms with van der Waals surface area (Å²) in [4.78, 5) is 0. The summed E-state index contributed by atoms with van der Waals surface area (Å²) < 4.78 is 5.91. The minimum absolute atomic E-state index is 0.115. The van der Waals surface area contributed by atoms with Crippen LogP contribution in [0.4, 0.5) is 0 Å². The van der Waals surface area contributed by atoms with Crippen LogP contribution in [-0.4, -0.2) is 0 Å². The van der Waals surface area contributed by atoms with E-state index in [-0.39, 0.29) is 6.04 Å². The van der Waals surface area contributed by atoms with E-state index in [0.717, 1.165) is 23.2 Å². The molecule has 2 aromatic rings. The molecule has 0 spiro atoms. The van der Waals surface area contributed by atoms with Gasteiger partial charge < -0.3 is 4.42 Å². The van der Waals surface area contributed by atoms with Gasteiger partial charge in [-0.25, -0.2) is 5.43 Å². The van der Waals surface area contributed by atoms with E-state index >= 15 is 0 Å². The van der Waals surface area contributed by atoms with Crippen LogP contribution in [0.3, 0.4) is 0 Å². The van der Waals surface area contributed by atoms with Gasteiger partial charge in [-0.1, -0.05) is 50.7 Å². The van der Waals surface area contributed by atoms with Gasteiger partial charge >= 0.3 is 0 Å². The Bertz CT molecular complexity index is 533. The lowest BCUT2D eigenvalue weighted by Crippen LogP contribution is -2.27. The van der Waals surface area contributed by atoms with Gasteiger partial charge in [-0.05, 0) is 31.5 Å². The van der Waals surface area contributed by atoms with E-state index in [2.05, 4.69) is 37.5 Å². The topological polar surface area (TPSA) is 51.2 Å². The van der Waals surface area contributed by atoms with Crippen LogP contribution in [-0.2, 0) is 0 Å². The normalized spacial score (nSPS) is 12.9. The third-order valence-corrected chi connectivity index (χ3v) is 3.83. The molecule has 0 fully saturated rings. The summed E-state index contributed by atoms with van der Waals surface area (Å²) in [5.41, 5.74) is 5.08. The van der Waals surface area contributed by atoms with Crippen molar-refractivity contribution in [1.29, 1.82) is 0 Å². The van der Waals surface area contributed by atoms with E-state index in [1.807, 2.05) is 6.07 Å². The minimum Gasteiger partial charge on any atom is -0.459 e. The lowest BCUT2D eigenvalue weighted by Gasteiger charge is -2.12. The highest BCUT2D eigenvalue weighted by Gasteiger charge is 2.14. The largest absolute Gasteiger partial charge is 0.459 e. The van der Waals surface area contributed by atoms with E-state index < -0.39 is 0 Å². The number of furan rings is 1. The SMILES string of the molecule is CCCCCCCC(NN)c1cc2cc(C)ccc2o1. The Labute approximate surface area is 121 Å². The first-order valence-corrected chi connectivity index (χ1v) is 7.71. The summed E-state index contributed by atoms with van der Waals surface area (Å²) in [6.07, 6.45) is 7.40. The fourth-order valence-corrected chi connectivity index (χ4v) is 2.61. The number of benzene rings is 1. The molecular formula is C17H26N2O. The van der Waals surface area contributed by atoms with E-state index in [1.54, 1.807) is 0 Å². The van der Waals surface area contributed by atoms with Crippen molar-refractivity contribution in [3.8, 4) is 0 Å². The maximum atomic E-state index is 5.91. The molecule has 20 heavy (non-hydrogen) atoms. The number of aryl methyl sites for hydroxylation is 1. The van der Waals surface area contributed by atoms with Crippen molar-refractivity contribution >= 4 is 11.0 Å². The molecule has 1 unspecified atom stereocenters. The smallest absolute Gasteiger partial charge is 0.134 e. The summed E-state index contributed by atoms with van der Waals surface area (Å²) >= 11 is 0. The van der Waals surface area contributed by atoms with Crippen LogP contribution >= 0.6 is 0 Å². The fraction of sp³-hybridized carbons (Fsp3) is 0.529. The molecule has 0 aliphatic rings. The van der Waals surface area contributed by atoms with Crippen molar-refractivity contribution in [3.05, 3.63) is 35.6 Å². The molecule has 110 valence electrons. The summed E-state index contributed by atoms with van der Waals surface area (Å²) in [6, 6.07) is 8.48. The number of nitrogens with two attached hydrogens (primary N) is 1. The predicted octanol–water partition coefficient (Wildman–Crippen LogP) is 4.61. The molecule has 0 bridgehead atoms. The fourth-order valence-electron chi connectivity index (χ4n) is 2.61. The van der Waals surface area contributed by atoms with Gasteiger partial charge in [0.05, 0.1) is 6.04 Å². The second-order valence-corrected chi connectivity index (χ2v) is 5.61. The van der Waals surface area contributed by atoms with Crippen molar-refractivity contribution in [2.75, 3.05) is 0 Å². The highest BCUT2D eigenvalue weighted by molar-refractivity contribution is 5.78. The van der Waals surface area contributed by atoms with Gasteiger partial charge in [-0.3, -0.25) is 5.84 Å². The van der Waals surface area contributed by atoms with Crippen LogP contribution in [0.5, 0.6) is 0 Å². The molecule has 1 aromatic heterocycles. The maximum absolute atomic E-state index is 5.91. The van der Waals surface area contributed by atoms with Gasteiger partial charge in [-0.15, -0.1) is 0 Å². The summed E-state index contributed by atoms with van der Waals surface area (Å²) in [7, 11) is 0. The summed E-state index contributed by atoms with van der Waals surface area (Å²) in [5, 5.41) is 1.16. The number of hydrazine groups is 1. The van der Waals surface area contributed by atoms with Crippen molar-refractivity contribution in [2.45, 2.75) is 58.4 Å². The third kappa shape index (κ3) is 3.84. The first-order valence-electron chi connectivity index (χ1n) is 7.71. The van der Waals surface area contributed by atoms with Crippen molar-refractivity contribution < 1.29 is 4.42 Å². The molecule has 1 aromatic carbocycles. The molecule has 0 saturated heterocycles. The van der Waals surface area contributed by atoms with Crippen LogP contribution in [0.15, 0.2) is 28.7 Å². The first kappa shape index (κ1) is 15.1. The molecule has 3 N–H and O–H groups in total. The first-order chi connectivity index (χ1) is 9.74. The summed E-state index contributed by atoms with van der Waals surface area (Å²) in [5.74, 6) is 6.64. The molecule has 0 aliphatic heterocycles. The quantitative estimate of drug-likeness (QED) is 0.420. The Morgan fingerprint density at radius 3 is 2.70 bits per heavy atom. The zero-order valence-corrected chi connectivity index (χ0v) is 12.6. The van der Waals surface area contributed by atoms with E-state index in [1.165, 1.54) is 37.7 Å². The monoisotopic (exact) mass is 274 g/mol. The Balaban J connectivity index is 1.98. The van der Waals surface area contributed by atoms with E-state index in [4.69, 9.17) is 10.3 Å². The van der Waals surface area contributed by atoms with Crippen LogP contribution in [0.1, 0.15) is 62.8 Å². The molecular weight excluding hydrogens is 248 g/mol. The molecule has 3 nitrogen and oxygen atoms in total. The number of nitrogens with one attached hydrogen (secondary N) is 1. The van der Waals surface area contributed by atoms with Crippen LogP contribution in [0, 0.1) is 6.92 Å². The molecule has 0 radical (unpaired) electrons. The number of hydrogen-bond acceptors (Lipinski definition) is 3. The zero-order chi connectivity index (χ0) is 14.4. The highest BCUT2D eigenvalue weighted by atomic mass is 16.3. The number of unbranched alkanes of at least 4 members (excludes halogenated alkanes) is 4. The second-order valence-electron chi connectivity index (χ2n) is 5.61. The molecule has 1 atom stereocenters. The minimum atomic E-state index is 0.115. The molecule has 0 saturated carbocycles. The average Bonchev–Trinajstić information content (AvgIpc) is 2.85. The standard InChI is InChI=1S/C17H26N2O/c1-3-4-5-6-7-8-15(19-18)17-12-14-11-13(2)9-10-16(14)20-17/h9-12,15,19H,3-8,18H2,1-2H3. The van der Waals surface area contributed by atoms with Crippen LogP contribution in [0.25, 0.3) is 11.0 Å². The van der Waals surface area contributed by atoms with Gasteiger partial charge in [0.15, 0.2) is 0 Å². The molecule has 2 rings (SSSR count). The highest BCUT2D eigenvalue weighted by Crippen LogP contribution is 2.27. The molecule has 0 aliphatic carbocycles. The Morgan fingerprint density at radius 2 is 1.95 bits per heavy atom. The average molecular weight is 274 g/mol. The molecule has 3 heteroatoms. The number of fused-ring (bicyclic) bond motifs is 1. The van der Waals surface area contributed by atoms with Crippen molar-refractivity contribution in [1.82, 2.24) is 5.43 Å². The number of rotatable bonds is 8. The maximum Gasteiger partial charge on any atom is 0.134 e. The Morgan fingerprint density at radius 1 is 1.15 bits per heavy atom. The Kier molecular flexibility index (Phi) is 5.62. The van der Waals surface area contributed by atoms with Gasteiger partial charge in [-0.2, -0.15) is 0 Å². The number of hydrogen-bond donors (Lipinski definition) is 2. The zero-order valence-electron chi connectivity index (χ0n) is 12.6. The van der Waals surface area contributed by atoms with Crippen molar-refractivity contribution in [2.24, 2.45) is 5.84 Å². The molecule has 1 heterocycles. The second kappa shape index (κ2) is 7.46. The van der Waals surface area contributed by atoms with Crippen LogP contribution in [0.2, 0.25) is 0 Å². The van der Waals surface area contributed by atoms with Gasteiger partial charge in [0.25, 0.3) is 0 Å². The van der Waals surface area contributed by atoms with Crippen LogP contribution < -0.4 is 11.3 Å². The lowest BCUT2D eigenvalue weighted by molar-refractivity contribution is 0.402. The van der Waals surface area contributed by atoms with E-state index in [9.17, 15) is 0 Å². The van der Waals surface area contributed by atoms with E-state index in [0.29, 0.717) is 0 Å². The predicted molar refractivity (Wildman–Crippen MR) is 84.4 cm³/mol. The van der Waals surface area contributed by atoms with Crippen molar-refractivity contribution in [3.63, 3.8) is 0 Å². The third-order valence-electron chi connectivity index (χ3n) is 3.83. The Hall–Kier alpha value is -1.32. The summed E-state index contributed by atoms with van der Waals surface area (Å²) in [6.45, 7) is 4.33. The van der Waals surface area contributed by atoms with Gasteiger partial charge in [0.1, 0.15) is 11.3 Å². The van der Waals surface area contributed by atoms with Gasteiger partial charge in [0.2, 0.25) is 0 Å².